The second kappa shape index (κ2) is 7.73. The number of nitrogens with zero attached hydrogens (tertiary/aromatic N) is 5. The van der Waals surface area contributed by atoms with E-state index in [0.29, 0.717) is 28.9 Å². The van der Waals surface area contributed by atoms with Crippen LogP contribution in [-0.4, -0.2) is 35.6 Å². The van der Waals surface area contributed by atoms with Gasteiger partial charge in [-0.2, -0.15) is 9.78 Å². The van der Waals surface area contributed by atoms with Crippen LogP contribution in [0.5, 0.6) is 0 Å². The summed E-state index contributed by atoms with van der Waals surface area (Å²) in [6, 6.07) is 13.5. The van der Waals surface area contributed by atoms with Gasteiger partial charge in [0, 0.05) is 29.4 Å². The van der Waals surface area contributed by atoms with Gasteiger partial charge in [-0.25, -0.2) is 15.0 Å². The average molecular weight is 464 g/mol. The molecule has 5 aromatic rings. The number of aromatic nitrogens is 6. The molecule has 1 aromatic carbocycles. The molecule has 2 aliphatic carbocycles. The number of amides is 1. The van der Waals surface area contributed by atoms with Crippen LogP contribution in [-0.2, 0) is 0 Å². The predicted molar refractivity (Wildman–Crippen MR) is 134 cm³/mol. The van der Waals surface area contributed by atoms with Gasteiger partial charge >= 0.3 is 0 Å². The molecular weight excluding hydrogens is 438 g/mol. The maximum atomic E-state index is 13.6. The number of benzene rings is 1. The molecule has 0 atom stereocenters. The number of aromatic amines is 1. The lowest BCUT2D eigenvalue weighted by molar-refractivity contribution is 0.102. The molecule has 8 nitrogen and oxygen atoms in total. The number of fused-ring (bicyclic) bond motifs is 2. The third-order valence-corrected chi connectivity index (χ3v) is 7.19. The van der Waals surface area contributed by atoms with E-state index in [2.05, 4.69) is 15.3 Å². The molecule has 174 valence electrons. The number of nitrogens with one attached hydrogen (secondary N) is 2. The molecule has 2 saturated carbocycles. The largest absolute Gasteiger partial charge is 0.342 e. The zero-order valence-corrected chi connectivity index (χ0v) is 19.5. The fourth-order valence-electron chi connectivity index (χ4n) is 4.89. The smallest absolute Gasteiger partial charge is 0.256 e. The van der Waals surface area contributed by atoms with Crippen LogP contribution in [0.25, 0.3) is 27.9 Å². The molecule has 0 saturated heterocycles. The Labute approximate surface area is 201 Å². The number of carbonyl (C=O) groups is 1. The van der Waals surface area contributed by atoms with Crippen LogP contribution in [0.4, 0.5) is 5.69 Å². The van der Waals surface area contributed by atoms with Gasteiger partial charge in [-0.05, 0) is 69.0 Å². The van der Waals surface area contributed by atoms with Gasteiger partial charge in [0.2, 0.25) is 0 Å². The van der Waals surface area contributed by atoms with E-state index in [9.17, 15) is 4.79 Å². The van der Waals surface area contributed by atoms with Gasteiger partial charge in [0.25, 0.3) is 5.91 Å². The fourth-order valence-corrected chi connectivity index (χ4v) is 4.89. The van der Waals surface area contributed by atoms with Crippen LogP contribution in [0.15, 0.2) is 48.7 Å². The van der Waals surface area contributed by atoms with Crippen LogP contribution < -0.4 is 5.32 Å². The van der Waals surface area contributed by atoms with Gasteiger partial charge in [0.1, 0.15) is 5.82 Å². The zero-order chi connectivity index (χ0) is 23.5. The number of carbonyl (C=O) groups excluding carboxylic acids is 1. The topological polar surface area (TPSA) is 101 Å². The molecule has 8 heteroatoms. The minimum absolute atomic E-state index is 0.166. The normalized spacial score (nSPS) is 16.0. The third-order valence-electron chi connectivity index (χ3n) is 7.19. The molecule has 0 unspecified atom stereocenters. The van der Waals surface area contributed by atoms with E-state index in [0.717, 1.165) is 52.2 Å². The Morgan fingerprint density at radius 2 is 1.94 bits per heavy atom. The highest BCUT2D eigenvalue weighted by molar-refractivity contribution is 6.13. The number of H-pyrrole nitrogens is 1. The minimum Gasteiger partial charge on any atom is -0.342 e. The lowest BCUT2D eigenvalue weighted by Crippen LogP contribution is -2.14. The molecule has 4 aromatic heterocycles. The van der Waals surface area contributed by atoms with Crippen molar-refractivity contribution in [3.05, 3.63) is 71.4 Å². The highest BCUT2D eigenvalue weighted by Crippen LogP contribution is 2.41. The van der Waals surface area contributed by atoms with Gasteiger partial charge in [-0.1, -0.05) is 12.5 Å². The summed E-state index contributed by atoms with van der Waals surface area (Å²) in [5.41, 5.74) is 5.57. The second-order valence-corrected chi connectivity index (χ2v) is 9.69. The first kappa shape index (κ1) is 20.3. The molecule has 0 spiro atoms. The molecular formula is C27H25N7O. The molecule has 7 rings (SSSR count). The number of imidazole rings is 1. The average Bonchev–Trinajstić information content (AvgIpc) is 3.53. The predicted octanol–water partition coefficient (Wildman–Crippen LogP) is 5.40. The van der Waals surface area contributed by atoms with Gasteiger partial charge < -0.3 is 10.3 Å². The number of anilines is 1. The first-order valence-corrected chi connectivity index (χ1v) is 12.3. The van der Waals surface area contributed by atoms with Crippen molar-refractivity contribution in [2.45, 2.75) is 50.9 Å². The van der Waals surface area contributed by atoms with Gasteiger partial charge in [-0.3, -0.25) is 4.79 Å². The molecule has 4 heterocycles. The Balaban J connectivity index is 1.28. The first-order valence-electron chi connectivity index (χ1n) is 12.3. The highest BCUT2D eigenvalue weighted by atomic mass is 16.1. The molecule has 2 aliphatic rings. The standard InChI is InChI=1S/C27H25N7O/c1-15-24-19(14-21(16-8-9-16)32-26(24)34(33-15)23-7-2-3-12-28-23)27(35)29-18-10-11-20-22(13-18)31-25(30-20)17-5-4-6-17/h2-3,7,10-14,16-17H,4-6,8-9H2,1H3,(H,29,35)(H,30,31). The van der Waals surface area contributed by atoms with E-state index in [1.165, 1.54) is 19.3 Å². The lowest BCUT2D eigenvalue weighted by Gasteiger charge is -2.22. The van der Waals surface area contributed by atoms with Crippen molar-refractivity contribution in [3.63, 3.8) is 0 Å². The van der Waals surface area contributed by atoms with E-state index in [-0.39, 0.29) is 5.91 Å². The summed E-state index contributed by atoms with van der Waals surface area (Å²) in [7, 11) is 0. The molecule has 0 radical (unpaired) electrons. The summed E-state index contributed by atoms with van der Waals surface area (Å²) < 4.78 is 1.74. The monoisotopic (exact) mass is 463 g/mol. The number of rotatable bonds is 5. The fraction of sp³-hybridized carbons (Fsp3) is 0.296. The Kier molecular flexibility index (Phi) is 4.49. The Hall–Kier alpha value is -4.07. The maximum absolute atomic E-state index is 13.6. The van der Waals surface area contributed by atoms with E-state index in [1.807, 2.05) is 49.4 Å². The summed E-state index contributed by atoms with van der Waals surface area (Å²) in [5, 5.41) is 8.56. The van der Waals surface area contributed by atoms with Crippen molar-refractivity contribution < 1.29 is 4.79 Å². The number of aryl methyl sites for hydroxylation is 1. The Morgan fingerprint density at radius 1 is 1.06 bits per heavy atom. The van der Waals surface area contributed by atoms with Gasteiger partial charge in [-0.15, -0.1) is 0 Å². The minimum atomic E-state index is -0.166. The van der Waals surface area contributed by atoms with E-state index < -0.39 is 0 Å². The van der Waals surface area contributed by atoms with Crippen LogP contribution in [0, 0.1) is 6.92 Å². The lowest BCUT2D eigenvalue weighted by atomic mass is 9.85. The van der Waals surface area contributed by atoms with Gasteiger partial charge in [0.15, 0.2) is 11.5 Å². The quantitative estimate of drug-likeness (QED) is 0.363. The number of hydrogen-bond acceptors (Lipinski definition) is 5. The summed E-state index contributed by atoms with van der Waals surface area (Å²) >= 11 is 0. The van der Waals surface area contributed by atoms with E-state index in [4.69, 9.17) is 15.1 Å². The van der Waals surface area contributed by atoms with Crippen LogP contribution in [0.2, 0.25) is 0 Å². The number of pyridine rings is 2. The molecule has 2 N–H and O–H groups in total. The Bertz CT molecular complexity index is 1590. The third kappa shape index (κ3) is 3.48. The van der Waals surface area contributed by atoms with Crippen molar-refractivity contribution in [3.8, 4) is 5.82 Å². The highest BCUT2D eigenvalue weighted by Gasteiger charge is 2.29. The summed E-state index contributed by atoms with van der Waals surface area (Å²) in [5.74, 6) is 2.50. The van der Waals surface area contributed by atoms with Crippen molar-refractivity contribution in [1.82, 2.24) is 29.7 Å². The second-order valence-electron chi connectivity index (χ2n) is 9.69. The van der Waals surface area contributed by atoms with Crippen molar-refractivity contribution in [2.24, 2.45) is 0 Å². The molecule has 2 fully saturated rings. The van der Waals surface area contributed by atoms with Gasteiger partial charge in [0.05, 0.1) is 27.7 Å². The van der Waals surface area contributed by atoms with Crippen molar-refractivity contribution >= 4 is 33.7 Å². The SMILES string of the molecule is Cc1nn(-c2ccccn2)c2nc(C3CC3)cc(C(=O)Nc3ccc4nc(C5CCC5)[nH]c4c3)c12. The molecule has 0 bridgehead atoms. The summed E-state index contributed by atoms with van der Waals surface area (Å²) in [4.78, 5) is 31.2. The van der Waals surface area contributed by atoms with Crippen LogP contribution in [0.1, 0.15) is 71.5 Å². The molecule has 0 aliphatic heterocycles. The van der Waals surface area contributed by atoms with Crippen molar-refractivity contribution in [2.75, 3.05) is 5.32 Å². The molecule has 1 amide bonds. The van der Waals surface area contributed by atoms with E-state index in [1.54, 1.807) is 10.9 Å². The van der Waals surface area contributed by atoms with E-state index >= 15 is 0 Å². The Morgan fingerprint density at radius 3 is 2.69 bits per heavy atom. The number of hydrogen-bond donors (Lipinski definition) is 2. The summed E-state index contributed by atoms with van der Waals surface area (Å²) in [6.07, 6.45) is 7.57. The van der Waals surface area contributed by atoms with Crippen molar-refractivity contribution in [1.29, 1.82) is 0 Å². The summed E-state index contributed by atoms with van der Waals surface area (Å²) in [6.45, 7) is 1.91. The maximum Gasteiger partial charge on any atom is 0.256 e. The van der Waals surface area contributed by atoms with Crippen LogP contribution in [0.3, 0.4) is 0 Å². The zero-order valence-electron chi connectivity index (χ0n) is 19.5. The van der Waals surface area contributed by atoms with Crippen LogP contribution >= 0.6 is 0 Å². The molecule has 35 heavy (non-hydrogen) atoms. The first-order chi connectivity index (χ1) is 17.1.